The predicted molar refractivity (Wildman–Crippen MR) is 74.0 cm³/mol. The quantitative estimate of drug-likeness (QED) is 0.270. The summed E-state index contributed by atoms with van der Waals surface area (Å²) in [6.07, 6.45) is 3.02. The van der Waals surface area contributed by atoms with E-state index < -0.39 is 7.12 Å². The Morgan fingerprint density at radius 2 is 2.37 bits per heavy atom. The summed E-state index contributed by atoms with van der Waals surface area (Å²) in [4.78, 5) is 4.19. The van der Waals surface area contributed by atoms with Gasteiger partial charge in [-0.15, -0.1) is 0 Å². The lowest BCUT2D eigenvalue weighted by Gasteiger charge is -2.00. The maximum Gasteiger partial charge on any atom is 0.491 e. The first-order valence-corrected chi connectivity index (χ1v) is 5.64. The molecule has 0 fully saturated rings. The van der Waals surface area contributed by atoms with Gasteiger partial charge in [0, 0.05) is 5.57 Å². The third kappa shape index (κ3) is 3.10. The monoisotopic (exact) mass is 253 g/mol. The molecule has 0 unspecified atom stereocenters. The van der Waals surface area contributed by atoms with Gasteiger partial charge >= 0.3 is 7.12 Å². The van der Waals surface area contributed by atoms with Crippen molar-refractivity contribution in [2.24, 2.45) is 10.7 Å². The summed E-state index contributed by atoms with van der Waals surface area (Å²) < 4.78 is 5.09. The Balaban J connectivity index is 2.18. The smallest absolute Gasteiger partial charge is 0.423 e. The van der Waals surface area contributed by atoms with Crippen LogP contribution in [0.15, 0.2) is 47.5 Å². The number of allylic oxidation sites excluding steroid dienone is 2. The standard InChI is InChI=1S/C13H12BN3O2/c1-9(7-15)2-5-13(16)17-11-3-4-12-10(6-11)8-19-14(12)18/h2-6,18H,1,8H2,(H2,16,17)/b5-2-. The fourth-order valence-electron chi connectivity index (χ4n) is 1.70. The van der Waals surface area contributed by atoms with E-state index in [-0.39, 0.29) is 5.84 Å². The molecule has 6 heteroatoms. The highest BCUT2D eigenvalue weighted by Crippen LogP contribution is 2.17. The van der Waals surface area contributed by atoms with Crippen LogP contribution in [0.4, 0.5) is 5.69 Å². The van der Waals surface area contributed by atoms with Crippen molar-refractivity contribution in [1.29, 1.82) is 5.26 Å². The normalized spacial score (nSPS) is 14.5. The lowest BCUT2D eigenvalue weighted by atomic mass is 9.79. The molecule has 0 saturated heterocycles. The van der Waals surface area contributed by atoms with Crippen LogP contribution in [-0.4, -0.2) is 18.0 Å². The van der Waals surface area contributed by atoms with Crippen molar-refractivity contribution in [1.82, 2.24) is 0 Å². The van der Waals surface area contributed by atoms with Crippen LogP contribution in [0.2, 0.25) is 0 Å². The zero-order valence-corrected chi connectivity index (χ0v) is 10.2. The van der Waals surface area contributed by atoms with Gasteiger partial charge in [-0.3, -0.25) is 0 Å². The second-order valence-corrected chi connectivity index (χ2v) is 4.05. The number of nitrogens with zero attached hydrogens (tertiary/aromatic N) is 2. The van der Waals surface area contributed by atoms with E-state index in [2.05, 4.69) is 11.6 Å². The van der Waals surface area contributed by atoms with Gasteiger partial charge in [-0.05, 0) is 35.3 Å². The Bertz CT molecular complexity index is 617. The van der Waals surface area contributed by atoms with Gasteiger partial charge in [0.1, 0.15) is 5.84 Å². The first kappa shape index (κ1) is 13.1. The highest BCUT2D eigenvalue weighted by Gasteiger charge is 2.26. The molecule has 0 saturated carbocycles. The van der Waals surface area contributed by atoms with Crippen molar-refractivity contribution in [3.05, 3.63) is 48.1 Å². The summed E-state index contributed by atoms with van der Waals surface area (Å²) >= 11 is 0. The van der Waals surface area contributed by atoms with Crippen molar-refractivity contribution in [3.63, 3.8) is 0 Å². The van der Waals surface area contributed by atoms with Gasteiger partial charge in [-0.2, -0.15) is 5.26 Å². The second kappa shape index (κ2) is 5.52. The number of hydrogen-bond acceptors (Lipinski definition) is 4. The summed E-state index contributed by atoms with van der Waals surface area (Å²) in [6, 6.07) is 7.21. The number of aliphatic imine (C=N–C) groups is 1. The van der Waals surface area contributed by atoms with E-state index >= 15 is 0 Å². The highest BCUT2D eigenvalue weighted by atomic mass is 16.5. The van der Waals surface area contributed by atoms with Crippen LogP contribution >= 0.6 is 0 Å². The van der Waals surface area contributed by atoms with Gasteiger partial charge in [-0.1, -0.05) is 12.6 Å². The summed E-state index contributed by atoms with van der Waals surface area (Å²) in [5.74, 6) is 0.274. The maximum atomic E-state index is 9.49. The first-order valence-electron chi connectivity index (χ1n) is 5.64. The Morgan fingerprint density at radius 3 is 3.11 bits per heavy atom. The van der Waals surface area contributed by atoms with E-state index in [1.54, 1.807) is 12.1 Å². The minimum absolute atomic E-state index is 0.274. The number of hydrogen-bond donors (Lipinski definition) is 2. The van der Waals surface area contributed by atoms with Gasteiger partial charge in [0.25, 0.3) is 0 Å². The Morgan fingerprint density at radius 1 is 1.58 bits per heavy atom. The molecule has 1 aromatic rings. The van der Waals surface area contributed by atoms with Crippen LogP contribution < -0.4 is 11.2 Å². The largest absolute Gasteiger partial charge is 0.491 e. The molecule has 0 atom stereocenters. The fraction of sp³-hybridized carbons (Fsp3) is 0.0769. The number of rotatable bonds is 3. The van der Waals surface area contributed by atoms with E-state index in [4.69, 9.17) is 15.6 Å². The van der Waals surface area contributed by atoms with Crippen LogP contribution in [0, 0.1) is 11.3 Å². The molecule has 19 heavy (non-hydrogen) atoms. The number of nitriles is 1. The van der Waals surface area contributed by atoms with E-state index in [9.17, 15) is 5.02 Å². The van der Waals surface area contributed by atoms with Gasteiger partial charge in [0.2, 0.25) is 0 Å². The molecule has 1 aliphatic heterocycles. The third-order valence-corrected chi connectivity index (χ3v) is 2.65. The van der Waals surface area contributed by atoms with Crippen molar-refractivity contribution in [2.75, 3.05) is 0 Å². The Labute approximate surface area is 111 Å². The fourth-order valence-corrected chi connectivity index (χ4v) is 1.70. The highest BCUT2D eigenvalue weighted by molar-refractivity contribution is 6.61. The average Bonchev–Trinajstić information content (AvgIpc) is 2.77. The van der Waals surface area contributed by atoms with Crippen molar-refractivity contribution >= 4 is 24.1 Å². The molecule has 1 heterocycles. The molecular formula is C13H12BN3O2. The molecule has 1 aliphatic rings. The number of nitrogens with two attached hydrogens (primary N) is 1. The topological polar surface area (TPSA) is 91.6 Å². The second-order valence-electron chi connectivity index (χ2n) is 4.05. The van der Waals surface area contributed by atoms with Crippen molar-refractivity contribution in [3.8, 4) is 6.07 Å². The van der Waals surface area contributed by atoms with Gasteiger partial charge in [0.15, 0.2) is 0 Å². The van der Waals surface area contributed by atoms with E-state index in [1.807, 2.05) is 12.1 Å². The van der Waals surface area contributed by atoms with Gasteiger partial charge < -0.3 is 15.4 Å². The Hall–Kier alpha value is -2.36. The average molecular weight is 253 g/mol. The molecule has 0 aromatic heterocycles. The number of benzene rings is 1. The van der Waals surface area contributed by atoms with Crippen LogP contribution in [0.25, 0.3) is 0 Å². The van der Waals surface area contributed by atoms with Gasteiger partial charge in [0.05, 0.1) is 18.4 Å². The molecule has 1 aromatic carbocycles. The van der Waals surface area contributed by atoms with Crippen LogP contribution in [0.1, 0.15) is 5.56 Å². The molecule has 0 bridgehead atoms. The SMILES string of the molecule is C=C(C#N)/C=C\C(N)=Nc1ccc2c(c1)COB2O. The zero-order chi connectivity index (χ0) is 13.8. The molecule has 0 radical (unpaired) electrons. The lowest BCUT2D eigenvalue weighted by molar-refractivity contribution is 0.275. The molecule has 5 nitrogen and oxygen atoms in total. The molecule has 0 aliphatic carbocycles. The zero-order valence-electron chi connectivity index (χ0n) is 10.2. The molecule has 0 spiro atoms. The minimum Gasteiger partial charge on any atom is -0.423 e. The molecule has 2 rings (SSSR count). The Kier molecular flexibility index (Phi) is 3.80. The van der Waals surface area contributed by atoms with E-state index in [1.165, 1.54) is 12.2 Å². The molecule has 94 valence electrons. The number of fused-ring (bicyclic) bond motifs is 1. The van der Waals surface area contributed by atoms with Crippen molar-refractivity contribution < 1.29 is 9.68 Å². The summed E-state index contributed by atoms with van der Waals surface area (Å²) in [6.45, 7) is 3.87. The van der Waals surface area contributed by atoms with Crippen LogP contribution in [0.3, 0.4) is 0 Å². The van der Waals surface area contributed by atoms with Gasteiger partial charge in [-0.25, -0.2) is 4.99 Å². The lowest BCUT2D eigenvalue weighted by Crippen LogP contribution is -2.27. The predicted octanol–water partition coefficient (Wildman–Crippen LogP) is 0.529. The summed E-state index contributed by atoms with van der Waals surface area (Å²) in [5.41, 5.74) is 8.34. The van der Waals surface area contributed by atoms with Crippen molar-refractivity contribution in [2.45, 2.75) is 6.61 Å². The summed E-state index contributed by atoms with van der Waals surface area (Å²) in [5, 5.41) is 18.0. The number of amidine groups is 1. The van der Waals surface area contributed by atoms with Crippen LogP contribution in [0.5, 0.6) is 0 Å². The summed E-state index contributed by atoms with van der Waals surface area (Å²) in [7, 11) is -0.857. The first-order chi connectivity index (χ1) is 9.10. The third-order valence-electron chi connectivity index (χ3n) is 2.65. The molecule has 0 amide bonds. The molecule has 3 N–H and O–H groups in total. The molecular weight excluding hydrogens is 241 g/mol. The maximum absolute atomic E-state index is 9.49. The van der Waals surface area contributed by atoms with E-state index in [0.29, 0.717) is 17.9 Å². The van der Waals surface area contributed by atoms with Crippen LogP contribution in [-0.2, 0) is 11.3 Å². The minimum atomic E-state index is -0.857. The van der Waals surface area contributed by atoms with E-state index in [0.717, 1.165) is 11.0 Å².